The van der Waals surface area contributed by atoms with Crippen LogP contribution in [0.3, 0.4) is 0 Å². The van der Waals surface area contributed by atoms with Crippen molar-refractivity contribution in [1.82, 2.24) is 24.6 Å². The summed E-state index contributed by atoms with van der Waals surface area (Å²) in [6.07, 6.45) is 1.62. The zero-order valence-electron chi connectivity index (χ0n) is 16.8. The average molecular weight is 452 g/mol. The Kier molecular flexibility index (Phi) is 5.65. The maximum absolute atomic E-state index is 13.0. The van der Waals surface area contributed by atoms with Gasteiger partial charge in [0.1, 0.15) is 11.5 Å². The molecular formula is C22H18ClN5O4. The molecule has 2 aromatic heterocycles. The summed E-state index contributed by atoms with van der Waals surface area (Å²) >= 11 is 6.26. The van der Waals surface area contributed by atoms with Gasteiger partial charge >= 0.3 is 6.01 Å². The summed E-state index contributed by atoms with van der Waals surface area (Å²) in [5.74, 6) is -1.22. The molecule has 0 saturated heterocycles. The monoisotopic (exact) mass is 451 g/mol. The number of halogens is 1. The van der Waals surface area contributed by atoms with Gasteiger partial charge in [0.2, 0.25) is 0 Å². The number of pyridine rings is 1. The number of aromatic nitrogens is 4. The van der Waals surface area contributed by atoms with Gasteiger partial charge in [-0.1, -0.05) is 34.9 Å². The molecule has 0 saturated carbocycles. The Balaban J connectivity index is 1.76. The van der Waals surface area contributed by atoms with Crippen LogP contribution in [-0.4, -0.2) is 52.9 Å². The van der Waals surface area contributed by atoms with Crippen LogP contribution in [0.4, 0.5) is 0 Å². The number of para-hydroxylation sites is 1. The minimum atomic E-state index is -0.498. The summed E-state index contributed by atoms with van der Waals surface area (Å²) in [6, 6.07) is 13.9. The van der Waals surface area contributed by atoms with E-state index in [0.717, 1.165) is 6.07 Å². The first kappa shape index (κ1) is 21.1. The van der Waals surface area contributed by atoms with Gasteiger partial charge < -0.3 is 20.2 Å². The number of carbonyl (C=O) groups is 1. The molecule has 10 heteroatoms. The molecule has 0 unspecified atom stereocenters. The molecule has 32 heavy (non-hydrogen) atoms. The lowest BCUT2D eigenvalue weighted by Gasteiger charge is -2.18. The first-order valence-electron chi connectivity index (χ1n) is 9.48. The molecule has 0 bridgehead atoms. The van der Waals surface area contributed by atoms with Crippen LogP contribution in [0.5, 0.6) is 17.5 Å². The highest BCUT2D eigenvalue weighted by Crippen LogP contribution is 2.37. The van der Waals surface area contributed by atoms with E-state index in [-0.39, 0.29) is 29.2 Å². The molecule has 4 aromatic rings. The van der Waals surface area contributed by atoms with Crippen molar-refractivity contribution in [2.24, 2.45) is 0 Å². The van der Waals surface area contributed by atoms with Crippen LogP contribution in [0.25, 0.3) is 17.1 Å². The number of benzene rings is 2. The molecular weight excluding hydrogens is 434 g/mol. The van der Waals surface area contributed by atoms with Crippen molar-refractivity contribution >= 4 is 17.5 Å². The number of carbonyl (C=O) groups excluding carboxylic acids is 1. The van der Waals surface area contributed by atoms with Gasteiger partial charge in [0.25, 0.3) is 5.91 Å². The molecule has 0 atom stereocenters. The number of rotatable bonds is 5. The molecule has 0 aliphatic carbocycles. The van der Waals surface area contributed by atoms with Gasteiger partial charge in [0.15, 0.2) is 5.82 Å². The van der Waals surface area contributed by atoms with Crippen molar-refractivity contribution in [2.75, 3.05) is 7.05 Å². The molecule has 0 fully saturated rings. The second-order valence-corrected chi connectivity index (χ2v) is 7.39. The van der Waals surface area contributed by atoms with Crippen LogP contribution >= 0.6 is 11.6 Å². The van der Waals surface area contributed by atoms with E-state index in [1.165, 1.54) is 15.5 Å². The molecule has 2 heterocycles. The Morgan fingerprint density at radius 1 is 1.03 bits per heavy atom. The van der Waals surface area contributed by atoms with Gasteiger partial charge in [-0.2, -0.15) is 0 Å². The van der Waals surface area contributed by atoms with Gasteiger partial charge in [0, 0.05) is 19.3 Å². The Morgan fingerprint density at radius 2 is 1.78 bits per heavy atom. The molecule has 3 N–H and O–H groups in total. The molecule has 162 valence electrons. The molecule has 0 aliphatic heterocycles. The van der Waals surface area contributed by atoms with Gasteiger partial charge in [-0.15, -0.1) is 5.10 Å². The molecule has 4 rings (SSSR count). The zero-order chi connectivity index (χ0) is 22.8. The Hall–Kier alpha value is -4.11. The van der Waals surface area contributed by atoms with Crippen molar-refractivity contribution in [2.45, 2.75) is 6.54 Å². The van der Waals surface area contributed by atoms with E-state index >= 15 is 0 Å². The summed E-state index contributed by atoms with van der Waals surface area (Å²) in [5, 5.41) is 39.0. The van der Waals surface area contributed by atoms with Gasteiger partial charge in [-0.3, -0.25) is 9.78 Å². The van der Waals surface area contributed by atoms with E-state index in [9.17, 15) is 20.1 Å². The highest BCUT2D eigenvalue weighted by atomic mass is 35.5. The first-order chi connectivity index (χ1) is 15.4. The van der Waals surface area contributed by atoms with Gasteiger partial charge in [-0.25, -0.2) is 4.57 Å². The number of aromatic hydroxyl groups is 3. The fourth-order valence-electron chi connectivity index (χ4n) is 3.25. The predicted molar refractivity (Wildman–Crippen MR) is 117 cm³/mol. The zero-order valence-corrected chi connectivity index (χ0v) is 17.6. The number of phenols is 2. The number of phenolic OH excluding ortho intramolecular Hbond substituents is 2. The molecule has 9 nitrogen and oxygen atoms in total. The number of hydrogen-bond donors (Lipinski definition) is 3. The smallest absolute Gasteiger partial charge is 0.319 e. The van der Waals surface area contributed by atoms with Gasteiger partial charge in [-0.05, 0) is 30.3 Å². The largest absolute Gasteiger partial charge is 0.507 e. The van der Waals surface area contributed by atoms with E-state index in [4.69, 9.17) is 11.6 Å². The SMILES string of the molecule is CN(Cc1ccccn1)C(=O)c1cc(-c2nnc(O)n2-c2ccccc2Cl)c(O)cc1O. The van der Waals surface area contributed by atoms with E-state index in [1.54, 1.807) is 49.6 Å². The summed E-state index contributed by atoms with van der Waals surface area (Å²) in [5.41, 5.74) is 1.05. The lowest BCUT2D eigenvalue weighted by molar-refractivity contribution is 0.0780. The van der Waals surface area contributed by atoms with Gasteiger partial charge in [0.05, 0.1) is 34.1 Å². The third-order valence-electron chi connectivity index (χ3n) is 4.80. The number of amides is 1. The third-order valence-corrected chi connectivity index (χ3v) is 5.12. The van der Waals surface area contributed by atoms with Crippen molar-refractivity contribution in [3.63, 3.8) is 0 Å². The summed E-state index contributed by atoms with van der Waals surface area (Å²) in [4.78, 5) is 18.6. The molecule has 0 aliphatic rings. The second-order valence-electron chi connectivity index (χ2n) is 6.98. The molecule has 0 radical (unpaired) electrons. The summed E-state index contributed by atoms with van der Waals surface area (Å²) in [7, 11) is 1.57. The van der Waals surface area contributed by atoms with Crippen LogP contribution in [0, 0.1) is 0 Å². The topological polar surface area (TPSA) is 125 Å². The average Bonchev–Trinajstić information content (AvgIpc) is 3.15. The highest BCUT2D eigenvalue weighted by Gasteiger charge is 2.24. The van der Waals surface area contributed by atoms with E-state index in [0.29, 0.717) is 16.4 Å². The quantitative estimate of drug-likeness (QED) is 0.424. The number of nitrogens with zero attached hydrogens (tertiary/aromatic N) is 5. The Labute approximate surface area is 187 Å². The fraction of sp³-hybridized carbons (Fsp3) is 0.0909. The minimum absolute atomic E-state index is 0.0366. The van der Waals surface area contributed by atoms with Crippen LogP contribution < -0.4 is 0 Å². The third kappa shape index (κ3) is 3.93. The van der Waals surface area contributed by atoms with E-state index in [2.05, 4.69) is 15.2 Å². The van der Waals surface area contributed by atoms with Crippen LogP contribution in [0.15, 0.2) is 60.8 Å². The van der Waals surface area contributed by atoms with Crippen molar-refractivity contribution in [3.05, 3.63) is 77.1 Å². The fourth-order valence-corrected chi connectivity index (χ4v) is 3.47. The van der Waals surface area contributed by atoms with Crippen molar-refractivity contribution in [3.8, 4) is 34.6 Å². The summed E-state index contributed by atoms with van der Waals surface area (Å²) < 4.78 is 1.24. The number of hydrogen-bond acceptors (Lipinski definition) is 7. The molecule has 0 spiro atoms. The normalized spacial score (nSPS) is 10.8. The maximum Gasteiger partial charge on any atom is 0.319 e. The standard InChI is InChI=1S/C22H18ClN5O4/c1-27(12-13-6-4-5-9-24-13)21(31)15-10-14(18(29)11-19(15)30)20-25-26-22(32)28(20)17-8-3-2-7-16(17)23/h2-11,29-30H,12H2,1H3,(H,26,32). The molecule has 2 aromatic carbocycles. The Morgan fingerprint density at radius 3 is 2.50 bits per heavy atom. The molecule has 1 amide bonds. The van der Waals surface area contributed by atoms with Crippen molar-refractivity contribution < 1.29 is 20.1 Å². The Bertz CT molecular complexity index is 1290. The lowest BCUT2D eigenvalue weighted by atomic mass is 10.1. The van der Waals surface area contributed by atoms with E-state index < -0.39 is 17.7 Å². The maximum atomic E-state index is 13.0. The first-order valence-corrected chi connectivity index (χ1v) is 9.85. The minimum Gasteiger partial charge on any atom is -0.507 e. The van der Waals surface area contributed by atoms with Crippen molar-refractivity contribution in [1.29, 1.82) is 0 Å². The van der Waals surface area contributed by atoms with Crippen LogP contribution in [-0.2, 0) is 6.54 Å². The highest BCUT2D eigenvalue weighted by molar-refractivity contribution is 6.32. The lowest BCUT2D eigenvalue weighted by Crippen LogP contribution is -2.26. The predicted octanol–water partition coefficient (Wildman–Crippen LogP) is 3.37. The summed E-state index contributed by atoms with van der Waals surface area (Å²) in [6.45, 7) is 0.214. The van der Waals surface area contributed by atoms with Crippen LogP contribution in [0.2, 0.25) is 5.02 Å². The van der Waals surface area contributed by atoms with E-state index in [1.807, 2.05) is 6.07 Å². The second kappa shape index (κ2) is 8.56. The van der Waals surface area contributed by atoms with Crippen LogP contribution in [0.1, 0.15) is 16.1 Å².